The Hall–Kier alpha value is -3.61. The molecule has 1 amide bonds. The first-order valence-corrected chi connectivity index (χ1v) is 8.10. The Morgan fingerprint density at radius 3 is 2.85 bits per heavy atom. The molecule has 0 radical (unpaired) electrons. The van der Waals surface area contributed by atoms with Gasteiger partial charge in [0.05, 0.1) is 29.4 Å². The predicted molar refractivity (Wildman–Crippen MR) is 99.4 cm³/mol. The summed E-state index contributed by atoms with van der Waals surface area (Å²) < 4.78 is 5.32. The Labute approximate surface area is 149 Å². The van der Waals surface area contributed by atoms with Crippen LogP contribution in [0.2, 0.25) is 0 Å². The standard InChI is InChI=1S/C19H17N5O2/c1-11-7-8-12(16(9-11)26-2)19(25)23-15-10-20-24-17(15)18-21-13-5-3-4-6-14(13)22-18/h3-10H,1-2H3,(H,20,24)(H,21,22)(H,23,25). The molecule has 0 spiro atoms. The summed E-state index contributed by atoms with van der Waals surface area (Å²) in [4.78, 5) is 20.4. The molecule has 4 rings (SSSR count). The third-order valence-electron chi connectivity index (χ3n) is 4.10. The van der Waals surface area contributed by atoms with E-state index in [1.165, 1.54) is 0 Å². The number of aromatic amines is 2. The third kappa shape index (κ3) is 2.79. The van der Waals surface area contributed by atoms with E-state index in [2.05, 4.69) is 25.5 Å². The number of anilines is 1. The highest BCUT2D eigenvalue weighted by atomic mass is 16.5. The molecule has 0 saturated heterocycles. The Morgan fingerprint density at radius 1 is 1.19 bits per heavy atom. The quantitative estimate of drug-likeness (QED) is 0.526. The number of ether oxygens (including phenoxy) is 1. The summed E-state index contributed by atoms with van der Waals surface area (Å²) in [6, 6.07) is 13.1. The number of carbonyl (C=O) groups is 1. The molecule has 4 aromatic rings. The van der Waals surface area contributed by atoms with Crippen LogP contribution in [0.1, 0.15) is 15.9 Å². The van der Waals surface area contributed by atoms with Crippen LogP contribution >= 0.6 is 0 Å². The Balaban J connectivity index is 1.66. The van der Waals surface area contributed by atoms with E-state index in [-0.39, 0.29) is 5.91 Å². The van der Waals surface area contributed by atoms with Gasteiger partial charge in [0, 0.05) is 6.20 Å². The smallest absolute Gasteiger partial charge is 0.259 e. The molecular weight excluding hydrogens is 330 g/mol. The van der Waals surface area contributed by atoms with E-state index in [0.29, 0.717) is 28.5 Å². The molecule has 26 heavy (non-hydrogen) atoms. The van der Waals surface area contributed by atoms with E-state index in [4.69, 9.17) is 4.74 Å². The summed E-state index contributed by atoms with van der Waals surface area (Å²) in [5, 5.41) is 9.87. The maximum atomic E-state index is 12.7. The number of methoxy groups -OCH3 is 1. The van der Waals surface area contributed by atoms with E-state index in [0.717, 1.165) is 16.6 Å². The highest BCUT2D eigenvalue weighted by Crippen LogP contribution is 2.27. The molecule has 0 aliphatic rings. The number of benzene rings is 2. The molecule has 3 N–H and O–H groups in total. The lowest BCUT2D eigenvalue weighted by Crippen LogP contribution is -2.13. The van der Waals surface area contributed by atoms with Gasteiger partial charge in [-0.25, -0.2) is 4.98 Å². The fourth-order valence-corrected chi connectivity index (χ4v) is 2.81. The third-order valence-corrected chi connectivity index (χ3v) is 4.10. The van der Waals surface area contributed by atoms with Crippen molar-refractivity contribution in [2.75, 3.05) is 12.4 Å². The van der Waals surface area contributed by atoms with Gasteiger partial charge in [0.1, 0.15) is 5.75 Å². The maximum Gasteiger partial charge on any atom is 0.259 e. The summed E-state index contributed by atoms with van der Waals surface area (Å²) in [6.45, 7) is 1.94. The second kappa shape index (κ2) is 6.36. The molecule has 0 unspecified atom stereocenters. The van der Waals surface area contributed by atoms with Crippen LogP contribution in [-0.2, 0) is 0 Å². The first-order valence-electron chi connectivity index (χ1n) is 8.10. The summed E-state index contributed by atoms with van der Waals surface area (Å²) >= 11 is 0. The predicted octanol–water partition coefficient (Wildman–Crippen LogP) is 3.52. The average Bonchev–Trinajstić information content (AvgIpc) is 3.27. The lowest BCUT2D eigenvalue weighted by molar-refractivity contribution is 0.102. The number of amides is 1. The first-order chi connectivity index (χ1) is 12.7. The number of hydrogen-bond donors (Lipinski definition) is 3. The van der Waals surface area contributed by atoms with Crippen molar-refractivity contribution in [2.24, 2.45) is 0 Å². The number of fused-ring (bicyclic) bond motifs is 1. The van der Waals surface area contributed by atoms with Crippen molar-refractivity contribution in [3.05, 3.63) is 59.8 Å². The molecule has 2 heterocycles. The number of hydrogen-bond acceptors (Lipinski definition) is 4. The number of rotatable bonds is 4. The van der Waals surface area contributed by atoms with E-state index in [9.17, 15) is 4.79 Å². The van der Waals surface area contributed by atoms with Gasteiger partial charge in [-0.1, -0.05) is 18.2 Å². The van der Waals surface area contributed by atoms with Gasteiger partial charge in [-0.2, -0.15) is 5.10 Å². The number of nitrogens with zero attached hydrogens (tertiary/aromatic N) is 2. The lowest BCUT2D eigenvalue weighted by atomic mass is 10.1. The number of aromatic nitrogens is 4. The van der Waals surface area contributed by atoms with Crippen molar-refractivity contribution >= 4 is 22.6 Å². The van der Waals surface area contributed by atoms with Gasteiger partial charge >= 0.3 is 0 Å². The summed E-state index contributed by atoms with van der Waals surface area (Å²) in [7, 11) is 1.54. The molecule has 0 atom stereocenters. The first kappa shape index (κ1) is 15.9. The van der Waals surface area contributed by atoms with Crippen molar-refractivity contribution < 1.29 is 9.53 Å². The van der Waals surface area contributed by atoms with Crippen LogP contribution in [0.4, 0.5) is 5.69 Å². The van der Waals surface area contributed by atoms with Gasteiger partial charge in [0.15, 0.2) is 11.5 Å². The van der Waals surface area contributed by atoms with E-state index >= 15 is 0 Å². The van der Waals surface area contributed by atoms with E-state index in [1.807, 2.05) is 43.3 Å². The number of aryl methyl sites for hydroxylation is 1. The summed E-state index contributed by atoms with van der Waals surface area (Å²) in [6.07, 6.45) is 1.63. The highest BCUT2D eigenvalue weighted by Gasteiger charge is 2.18. The van der Waals surface area contributed by atoms with Crippen LogP contribution in [0.15, 0.2) is 48.7 Å². The molecule has 0 aliphatic carbocycles. The van der Waals surface area contributed by atoms with Crippen molar-refractivity contribution in [1.82, 2.24) is 20.2 Å². The zero-order valence-corrected chi connectivity index (χ0v) is 14.3. The maximum absolute atomic E-state index is 12.7. The molecule has 7 nitrogen and oxygen atoms in total. The topological polar surface area (TPSA) is 95.7 Å². The zero-order valence-electron chi connectivity index (χ0n) is 14.3. The van der Waals surface area contributed by atoms with Gasteiger partial charge in [0.25, 0.3) is 5.91 Å². The van der Waals surface area contributed by atoms with E-state index in [1.54, 1.807) is 19.4 Å². The van der Waals surface area contributed by atoms with Crippen LogP contribution in [-0.4, -0.2) is 33.2 Å². The summed E-state index contributed by atoms with van der Waals surface area (Å²) in [5.41, 5.74) is 4.29. The fraction of sp³-hybridized carbons (Fsp3) is 0.105. The van der Waals surface area contributed by atoms with Crippen LogP contribution in [0.25, 0.3) is 22.6 Å². The van der Waals surface area contributed by atoms with Crippen molar-refractivity contribution in [1.29, 1.82) is 0 Å². The average molecular weight is 347 g/mol. The molecule has 0 saturated carbocycles. The summed E-state index contributed by atoms with van der Waals surface area (Å²) in [5.74, 6) is 0.829. The van der Waals surface area contributed by atoms with Gasteiger partial charge in [0.2, 0.25) is 0 Å². The van der Waals surface area contributed by atoms with Gasteiger partial charge in [-0.3, -0.25) is 9.89 Å². The second-order valence-corrected chi connectivity index (χ2v) is 5.91. The van der Waals surface area contributed by atoms with Crippen LogP contribution in [0.3, 0.4) is 0 Å². The SMILES string of the molecule is COc1cc(C)ccc1C(=O)Nc1c[nH]nc1-c1nc2ccccc2[nH]1. The molecule has 2 aromatic carbocycles. The monoisotopic (exact) mass is 347 g/mol. The molecular formula is C19H17N5O2. The Morgan fingerprint density at radius 2 is 2.04 bits per heavy atom. The number of para-hydroxylation sites is 2. The number of H-pyrrole nitrogens is 2. The van der Waals surface area contributed by atoms with Gasteiger partial charge < -0.3 is 15.0 Å². The number of carbonyl (C=O) groups excluding carboxylic acids is 1. The minimum Gasteiger partial charge on any atom is -0.496 e. The lowest BCUT2D eigenvalue weighted by Gasteiger charge is -2.09. The van der Waals surface area contributed by atoms with Crippen LogP contribution in [0.5, 0.6) is 5.75 Å². The molecule has 130 valence electrons. The number of imidazole rings is 1. The fourth-order valence-electron chi connectivity index (χ4n) is 2.81. The second-order valence-electron chi connectivity index (χ2n) is 5.91. The van der Waals surface area contributed by atoms with Gasteiger partial charge in [-0.05, 0) is 36.8 Å². The molecule has 0 fully saturated rings. The van der Waals surface area contributed by atoms with Crippen LogP contribution in [0, 0.1) is 6.92 Å². The van der Waals surface area contributed by atoms with Crippen molar-refractivity contribution in [3.63, 3.8) is 0 Å². The number of nitrogens with one attached hydrogen (secondary N) is 3. The molecule has 0 bridgehead atoms. The van der Waals surface area contributed by atoms with Crippen molar-refractivity contribution in [3.8, 4) is 17.3 Å². The highest BCUT2D eigenvalue weighted by molar-refractivity contribution is 6.07. The zero-order chi connectivity index (χ0) is 18.1. The minimum absolute atomic E-state index is 0.277. The Bertz CT molecular complexity index is 1060. The molecule has 7 heteroatoms. The molecule has 2 aromatic heterocycles. The normalized spacial score (nSPS) is 10.8. The molecule has 0 aliphatic heterocycles. The van der Waals surface area contributed by atoms with Crippen LogP contribution < -0.4 is 10.1 Å². The van der Waals surface area contributed by atoms with Crippen molar-refractivity contribution in [2.45, 2.75) is 6.92 Å². The van der Waals surface area contributed by atoms with Gasteiger partial charge in [-0.15, -0.1) is 0 Å². The van der Waals surface area contributed by atoms with E-state index < -0.39 is 0 Å². The minimum atomic E-state index is -0.277. The largest absolute Gasteiger partial charge is 0.496 e. The Kier molecular flexibility index (Phi) is 3.89.